The van der Waals surface area contributed by atoms with E-state index in [2.05, 4.69) is 49.7 Å². The lowest BCUT2D eigenvalue weighted by molar-refractivity contribution is 0.0904. The lowest BCUT2D eigenvalue weighted by Crippen LogP contribution is -2.52. The fourth-order valence-electron chi connectivity index (χ4n) is 6.50. The number of nitrogens with zero attached hydrogens (tertiary/aromatic N) is 6. The normalized spacial score (nSPS) is 20.6. The fraction of sp³-hybridized carbons (Fsp3) is 0.562. The molecule has 0 atom stereocenters. The molecule has 12 nitrogen and oxygen atoms in total. The Labute approximate surface area is 264 Å². The molecule has 0 aliphatic carbocycles. The summed E-state index contributed by atoms with van der Waals surface area (Å²) in [4.78, 5) is 28.8. The van der Waals surface area contributed by atoms with Gasteiger partial charge in [-0.05, 0) is 75.8 Å². The summed E-state index contributed by atoms with van der Waals surface area (Å²) in [5.41, 5.74) is 11.0. The first kappa shape index (κ1) is 26.6. The number of carbonyl (C=O) groups excluding carboxylic acids is 1. The van der Waals surface area contributed by atoms with Crippen molar-refractivity contribution in [2.45, 2.75) is 58.0 Å². The molecule has 1 amide bonds. The molecule has 0 unspecified atom stereocenters. The predicted octanol–water partition coefficient (Wildman–Crippen LogP) is 3.39. The Kier molecular flexibility index (Phi) is 8.17. The number of carbonyl (C=O) groups is 1. The van der Waals surface area contributed by atoms with Gasteiger partial charge in [0.2, 0.25) is 0 Å². The molecule has 3 aromatic rings. The van der Waals surface area contributed by atoms with E-state index in [-0.39, 0.29) is 17.6 Å². The average molecular weight is 606 g/mol. The van der Waals surface area contributed by atoms with Crippen LogP contribution in [0.15, 0.2) is 24.3 Å². The Balaban J connectivity index is 1.18. The zero-order chi connectivity index (χ0) is 33.1. The zero-order valence-corrected chi connectivity index (χ0v) is 25.7. The summed E-state index contributed by atoms with van der Waals surface area (Å²) < 4.78 is 28.6. The van der Waals surface area contributed by atoms with Gasteiger partial charge in [0.1, 0.15) is 11.4 Å². The van der Waals surface area contributed by atoms with Gasteiger partial charge in [-0.2, -0.15) is 5.10 Å². The van der Waals surface area contributed by atoms with E-state index >= 15 is 0 Å². The highest BCUT2D eigenvalue weighted by atomic mass is 16.5. The molecule has 0 bridgehead atoms. The molecule has 3 saturated heterocycles. The smallest absolute Gasteiger partial charge is 0.271 e. The van der Waals surface area contributed by atoms with Gasteiger partial charge in [-0.15, -0.1) is 0 Å². The van der Waals surface area contributed by atoms with E-state index in [4.69, 9.17) is 24.6 Å². The second-order valence-electron chi connectivity index (χ2n) is 12.0. The first-order chi connectivity index (χ1) is 22.6. The number of nitrogens with two attached hydrogens (primary N) is 1. The van der Waals surface area contributed by atoms with Crippen LogP contribution in [0.4, 0.5) is 23.0 Å². The summed E-state index contributed by atoms with van der Waals surface area (Å²) in [7, 11) is 0. The van der Waals surface area contributed by atoms with Gasteiger partial charge in [0, 0.05) is 85.7 Å². The van der Waals surface area contributed by atoms with Crippen LogP contribution < -0.4 is 21.3 Å². The molecule has 0 saturated carbocycles. The Morgan fingerprint density at radius 2 is 1.84 bits per heavy atom. The number of hydrogen-bond acceptors (Lipinski definition) is 10. The molecule has 5 heterocycles. The monoisotopic (exact) mass is 605 g/mol. The van der Waals surface area contributed by atoms with Crippen LogP contribution in [0.25, 0.3) is 11.4 Å². The molecule has 5 N–H and O–H groups in total. The maximum absolute atomic E-state index is 12.7. The number of ether oxygens (including phenoxy) is 1. The van der Waals surface area contributed by atoms with Crippen molar-refractivity contribution in [1.29, 1.82) is 0 Å². The molecular formula is C32H46N10O2. The number of H-pyrrole nitrogens is 1. The number of piperidine rings is 1. The van der Waals surface area contributed by atoms with Crippen LogP contribution in [0.3, 0.4) is 0 Å². The lowest BCUT2D eigenvalue weighted by Gasteiger charge is -2.43. The van der Waals surface area contributed by atoms with Gasteiger partial charge >= 0.3 is 0 Å². The number of nitrogens with one attached hydrogen (secondary N) is 3. The van der Waals surface area contributed by atoms with Gasteiger partial charge in [0.15, 0.2) is 17.3 Å². The van der Waals surface area contributed by atoms with E-state index in [0.29, 0.717) is 49.6 Å². The summed E-state index contributed by atoms with van der Waals surface area (Å²) in [6.07, 6.45) is 4.59. The third-order valence-electron chi connectivity index (χ3n) is 9.00. The Hall–Kier alpha value is -3.74. The average Bonchev–Trinajstić information content (AvgIpc) is 3.50. The Morgan fingerprint density at radius 1 is 1.07 bits per heavy atom. The minimum Gasteiger partial charge on any atom is -0.381 e. The number of aromatic nitrogens is 4. The maximum Gasteiger partial charge on any atom is 0.271 e. The number of aromatic amines is 1. The van der Waals surface area contributed by atoms with Crippen LogP contribution >= 0.6 is 0 Å². The number of amides is 1. The molecule has 12 heteroatoms. The highest BCUT2D eigenvalue weighted by Crippen LogP contribution is 2.33. The van der Waals surface area contributed by atoms with Crippen LogP contribution in [-0.2, 0) is 11.2 Å². The number of likely N-dealkylation sites (N-methyl/N-ethyl adjacent to an activating group) is 1. The molecule has 236 valence electrons. The van der Waals surface area contributed by atoms with Crippen molar-refractivity contribution in [2.24, 2.45) is 5.73 Å². The molecule has 44 heavy (non-hydrogen) atoms. The van der Waals surface area contributed by atoms with Crippen molar-refractivity contribution < 1.29 is 13.6 Å². The molecule has 3 aliphatic rings. The molecule has 3 fully saturated rings. The van der Waals surface area contributed by atoms with Crippen LogP contribution in [0.1, 0.15) is 58.5 Å². The molecule has 0 radical (unpaired) electrons. The van der Waals surface area contributed by atoms with Gasteiger partial charge < -0.3 is 30.9 Å². The third kappa shape index (κ3) is 6.82. The zero-order valence-electron chi connectivity index (χ0n) is 28.7. The summed E-state index contributed by atoms with van der Waals surface area (Å²) in [6, 6.07) is 8.75. The summed E-state index contributed by atoms with van der Waals surface area (Å²) in [5.74, 6) is 0.143. The lowest BCUT2D eigenvalue weighted by atomic mass is 10.00. The Bertz CT molecular complexity index is 1540. The van der Waals surface area contributed by atoms with Gasteiger partial charge in [-0.25, -0.2) is 9.97 Å². The largest absolute Gasteiger partial charge is 0.381 e. The summed E-state index contributed by atoms with van der Waals surface area (Å²) in [6.45, 7) is 8.04. The number of aryl methyl sites for hydroxylation is 2. The number of piperazine rings is 1. The molecule has 2 aromatic heterocycles. The van der Waals surface area contributed by atoms with E-state index in [0.717, 1.165) is 69.7 Å². The highest BCUT2D eigenvalue weighted by Gasteiger charge is 2.28. The minimum atomic E-state index is -2.01. The van der Waals surface area contributed by atoms with Crippen molar-refractivity contribution in [2.75, 3.05) is 75.0 Å². The second-order valence-corrected chi connectivity index (χ2v) is 12.0. The first-order valence-electron chi connectivity index (χ1n) is 17.3. The number of rotatable bonds is 9. The van der Waals surface area contributed by atoms with E-state index in [1.807, 2.05) is 19.1 Å². The number of anilines is 4. The second kappa shape index (κ2) is 13.5. The van der Waals surface area contributed by atoms with Gasteiger partial charge in [0.25, 0.3) is 5.91 Å². The van der Waals surface area contributed by atoms with E-state index in [9.17, 15) is 4.79 Å². The van der Waals surface area contributed by atoms with Crippen LogP contribution in [0, 0.1) is 6.92 Å². The van der Waals surface area contributed by atoms with E-state index in [1.54, 1.807) is 4.90 Å². The summed E-state index contributed by atoms with van der Waals surface area (Å²) in [5, 5.41) is 14.2. The molecule has 0 spiro atoms. The minimum absolute atomic E-state index is 0.0436. The van der Waals surface area contributed by atoms with Crippen molar-refractivity contribution in [3.8, 4) is 11.4 Å². The van der Waals surface area contributed by atoms with Crippen LogP contribution in [0.2, 0.25) is 0 Å². The highest BCUT2D eigenvalue weighted by molar-refractivity contribution is 5.97. The van der Waals surface area contributed by atoms with Crippen LogP contribution in [-0.4, -0.2) is 107 Å². The topological polar surface area (TPSA) is 141 Å². The summed E-state index contributed by atoms with van der Waals surface area (Å²) >= 11 is 0. The van der Waals surface area contributed by atoms with E-state index in [1.165, 1.54) is 11.3 Å². The van der Waals surface area contributed by atoms with Crippen molar-refractivity contribution in [3.05, 3.63) is 41.2 Å². The Morgan fingerprint density at radius 3 is 2.50 bits per heavy atom. The van der Waals surface area contributed by atoms with Crippen molar-refractivity contribution in [1.82, 2.24) is 30.0 Å². The van der Waals surface area contributed by atoms with E-state index < -0.39 is 12.9 Å². The third-order valence-corrected chi connectivity index (χ3v) is 9.00. The molecular weight excluding hydrogens is 556 g/mol. The maximum atomic E-state index is 12.7. The standard InChI is InChI=1S/C32H46N10O2/c1-4-22-20-24(5-6-27(22)42-11-7-25(8-12-42)41-15-13-40(3)14-16-41)35-32-29(30(33)43)36-28(26-19-21(2)38-39-26)31(37-32)34-23-9-17-44-18-10-23/h5-6,19-20,23,25H,4,7-18H2,1-3H3,(H2,33,43)(H,38,39)(H2,34,35,37)/i3D3. The number of primary amides is 1. The van der Waals surface area contributed by atoms with Crippen molar-refractivity contribution >= 4 is 28.9 Å². The SMILES string of the molecule is [2H]C([2H])([2H])N1CCN(C2CCN(c3ccc(Nc4nc(NC5CCOCC5)c(-c5cc(C)[nH]n5)nc4C(N)=O)cc3CC)CC2)CC1. The van der Waals surface area contributed by atoms with Gasteiger partial charge in [-0.3, -0.25) is 14.8 Å². The number of benzene rings is 1. The quantitative estimate of drug-likeness (QED) is 0.287. The number of hydrogen-bond donors (Lipinski definition) is 4. The van der Waals surface area contributed by atoms with Crippen molar-refractivity contribution in [3.63, 3.8) is 0 Å². The fourth-order valence-corrected chi connectivity index (χ4v) is 6.50. The molecule has 3 aliphatic heterocycles. The van der Waals surface area contributed by atoms with Crippen LogP contribution in [0.5, 0.6) is 0 Å². The van der Waals surface area contributed by atoms with Gasteiger partial charge in [-0.1, -0.05) is 6.92 Å². The molecule has 6 rings (SSSR count). The molecule has 1 aromatic carbocycles. The first-order valence-corrected chi connectivity index (χ1v) is 15.8. The van der Waals surface area contributed by atoms with Gasteiger partial charge in [0.05, 0.1) is 0 Å². The predicted molar refractivity (Wildman–Crippen MR) is 174 cm³/mol.